The SMILES string of the molecule is COC[C@H](C)n1c(C)cc(C(=O)COC(=O)C2(c3ccc(Cl)cc3)CC2)c1C. The second-order valence-corrected chi connectivity index (χ2v) is 7.98. The lowest BCUT2D eigenvalue weighted by atomic mass is 9.96. The number of hydrogen-bond donors (Lipinski definition) is 0. The first kappa shape index (κ1) is 20.6. The van der Waals surface area contributed by atoms with Gasteiger partial charge in [0.05, 0.1) is 18.1 Å². The first-order valence-corrected chi connectivity index (χ1v) is 9.82. The van der Waals surface area contributed by atoms with Gasteiger partial charge in [-0.3, -0.25) is 9.59 Å². The van der Waals surface area contributed by atoms with Crippen LogP contribution in [0.5, 0.6) is 0 Å². The summed E-state index contributed by atoms with van der Waals surface area (Å²) in [5, 5.41) is 0.626. The van der Waals surface area contributed by atoms with Gasteiger partial charge in [0, 0.05) is 29.1 Å². The Labute approximate surface area is 170 Å². The summed E-state index contributed by atoms with van der Waals surface area (Å²) in [6, 6.07) is 9.21. The van der Waals surface area contributed by atoms with Crippen molar-refractivity contribution in [1.29, 1.82) is 0 Å². The van der Waals surface area contributed by atoms with E-state index in [1.165, 1.54) is 0 Å². The van der Waals surface area contributed by atoms with Gasteiger partial charge in [0.1, 0.15) is 0 Å². The zero-order valence-electron chi connectivity index (χ0n) is 16.8. The molecule has 0 bridgehead atoms. The molecule has 1 fully saturated rings. The molecule has 0 spiro atoms. The van der Waals surface area contributed by atoms with Crippen LogP contribution in [0.25, 0.3) is 0 Å². The van der Waals surface area contributed by atoms with Crippen LogP contribution in [0.4, 0.5) is 0 Å². The van der Waals surface area contributed by atoms with E-state index < -0.39 is 5.41 Å². The molecule has 150 valence electrons. The highest BCUT2D eigenvalue weighted by molar-refractivity contribution is 6.30. The van der Waals surface area contributed by atoms with Gasteiger partial charge in [-0.1, -0.05) is 23.7 Å². The smallest absolute Gasteiger partial charge is 0.317 e. The van der Waals surface area contributed by atoms with E-state index in [1.807, 2.05) is 39.0 Å². The van der Waals surface area contributed by atoms with Gasteiger partial charge >= 0.3 is 5.97 Å². The van der Waals surface area contributed by atoms with Crippen molar-refractivity contribution in [2.45, 2.75) is 45.1 Å². The summed E-state index contributed by atoms with van der Waals surface area (Å²) >= 11 is 5.93. The largest absolute Gasteiger partial charge is 0.457 e. The van der Waals surface area contributed by atoms with Crippen LogP contribution in [-0.4, -0.2) is 36.6 Å². The molecule has 0 unspecified atom stereocenters. The number of aryl methyl sites for hydroxylation is 1. The molecular formula is C22H26ClNO4. The second-order valence-electron chi connectivity index (χ2n) is 7.55. The van der Waals surface area contributed by atoms with Crippen LogP contribution >= 0.6 is 11.6 Å². The van der Waals surface area contributed by atoms with Gasteiger partial charge in [0.15, 0.2) is 6.61 Å². The minimum Gasteiger partial charge on any atom is -0.457 e. The molecule has 1 aromatic heterocycles. The molecule has 2 aromatic rings. The summed E-state index contributed by atoms with van der Waals surface area (Å²) in [6.07, 6.45) is 1.45. The molecule has 1 aliphatic carbocycles. The third-order valence-electron chi connectivity index (χ3n) is 5.51. The van der Waals surface area contributed by atoms with Crippen LogP contribution in [0.3, 0.4) is 0 Å². The highest BCUT2D eigenvalue weighted by atomic mass is 35.5. The maximum Gasteiger partial charge on any atom is 0.317 e. The molecule has 0 amide bonds. The first-order valence-electron chi connectivity index (χ1n) is 9.44. The van der Waals surface area contributed by atoms with E-state index in [0.29, 0.717) is 17.2 Å². The number of aromatic nitrogens is 1. The molecule has 1 aromatic carbocycles. The van der Waals surface area contributed by atoms with Crippen molar-refractivity contribution in [3.63, 3.8) is 0 Å². The molecule has 28 heavy (non-hydrogen) atoms. The molecular weight excluding hydrogens is 378 g/mol. The number of ether oxygens (including phenoxy) is 2. The first-order chi connectivity index (χ1) is 13.3. The fourth-order valence-electron chi connectivity index (χ4n) is 3.90. The lowest BCUT2D eigenvalue weighted by molar-refractivity contribution is -0.145. The molecule has 1 heterocycles. The zero-order valence-corrected chi connectivity index (χ0v) is 17.5. The van der Waals surface area contributed by atoms with Crippen LogP contribution in [0, 0.1) is 13.8 Å². The van der Waals surface area contributed by atoms with Crippen molar-refractivity contribution >= 4 is 23.4 Å². The Morgan fingerprint density at radius 2 is 1.86 bits per heavy atom. The molecule has 0 saturated heterocycles. The van der Waals surface area contributed by atoms with Crippen molar-refractivity contribution in [3.8, 4) is 0 Å². The van der Waals surface area contributed by atoms with Crippen molar-refractivity contribution in [1.82, 2.24) is 4.57 Å². The number of rotatable bonds is 8. The van der Waals surface area contributed by atoms with E-state index in [4.69, 9.17) is 21.1 Å². The molecule has 6 heteroatoms. The van der Waals surface area contributed by atoms with Gasteiger partial charge in [0.25, 0.3) is 0 Å². The van der Waals surface area contributed by atoms with Crippen molar-refractivity contribution in [3.05, 3.63) is 57.9 Å². The standard InChI is InChI=1S/C22H26ClNO4/c1-14-11-19(16(3)24(14)15(2)12-27-4)20(25)13-28-21(26)22(9-10-22)17-5-7-18(23)8-6-17/h5-8,11,15H,9-10,12-13H2,1-4H3/t15-/m0/s1. The molecule has 0 aliphatic heterocycles. The quantitative estimate of drug-likeness (QED) is 0.483. The third-order valence-corrected chi connectivity index (χ3v) is 5.76. The molecule has 1 aliphatic rings. The molecule has 1 atom stereocenters. The van der Waals surface area contributed by atoms with Crippen molar-refractivity contribution < 1.29 is 19.1 Å². The summed E-state index contributed by atoms with van der Waals surface area (Å²) in [4.78, 5) is 25.4. The zero-order chi connectivity index (χ0) is 20.5. The normalized spacial score (nSPS) is 15.9. The molecule has 3 rings (SSSR count). The van der Waals surface area contributed by atoms with E-state index in [1.54, 1.807) is 19.2 Å². The number of nitrogens with zero attached hydrogens (tertiary/aromatic N) is 1. The number of carbonyl (C=O) groups excluding carboxylic acids is 2. The number of Topliss-reactive ketones (excluding diaryl/α,β-unsaturated/α-hetero) is 1. The number of carbonyl (C=O) groups is 2. The van der Waals surface area contributed by atoms with Crippen LogP contribution in [0.2, 0.25) is 5.02 Å². The van der Waals surface area contributed by atoms with E-state index in [0.717, 1.165) is 29.8 Å². The fourth-order valence-corrected chi connectivity index (χ4v) is 4.03. The van der Waals surface area contributed by atoms with Gasteiger partial charge in [-0.15, -0.1) is 0 Å². The molecule has 5 nitrogen and oxygen atoms in total. The predicted molar refractivity (Wildman–Crippen MR) is 108 cm³/mol. The summed E-state index contributed by atoms with van der Waals surface area (Å²) in [5.74, 6) is -0.533. The lowest BCUT2D eigenvalue weighted by Crippen LogP contribution is -2.26. The summed E-state index contributed by atoms with van der Waals surface area (Å²) < 4.78 is 12.7. The summed E-state index contributed by atoms with van der Waals surface area (Å²) in [7, 11) is 1.66. The number of hydrogen-bond acceptors (Lipinski definition) is 4. The molecule has 1 saturated carbocycles. The van der Waals surface area contributed by atoms with Crippen molar-refractivity contribution in [2.75, 3.05) is 20.3 Å². The Bertz CT molecular complexity index is 881. The number of esters is 1. The Morgan fingerprint density at radius 3 is 2.43 bits per heavy atom. The third kappa shape index (κ3) is 3.87. The molecule has 0 radical (unpaired) electrons. The van der Waals surface area contributed by atoms with Gasteiger partial charge in [-0.05, 0) is 57.4 Å². The summed E-state index contributed by atoms with van der Waals surface area (Å²) in [5.41, 5.74) is 2.69. The van der Waals surface area contributed by atoms with Crippen molar-refractivity contribution in [2.24, 2.45) is 0 Å². The monoisotopic (exact) mass is 403 g/mol. The highest BCUT2D eigenvalue weighted by Crippen LogP contribution is 2.49. The van der Waals surface area contributed by atoms with Gasteiger partial charge in [-0.25, -0.2) is 0 Å². The summed E-state index contributed by atoms with van der Waals surface area (Å²) in [6.45, 7) is 6.21. The predicted octanol–water partition coefficient (Wildman–Crippen LogP) is 4.42. The number of benzene rings is 1. The van der Waals surface area contributed by atoms with E-state index in [-0.39, 0.29) is 24.4 Å². The minimum atomic E-state index is -0.630. The second kappa shape index (κ2) is 8.10. The molecule has 0 N–H and O–H groups in total. The Balaban J connectivity index is 1.68. The fraction of sp³-hybridized carbons (Fsp3) is 0.455. The number of halogens is 1. The van der Waals surface area contributed by atoms with Crippen LogP contribution in [0.1, 0.15) is 53.1 Å². The van der Waals surface area contributed by atoms with Crippen LogP contribution in [0.15, 0.2) is 30.3 Å². The number of methoxy groups -OCH3 is 1. The number of ketones is 1. The Kier molecular flexibility index (Phi) is 5.96. The lowest BCUT2D eigenvalue weighted by Gasteiger charge is -2.18. The average Bonchev–Trinajstić information content (AvgIpc) is 3.41. The maximum absolute atomic E-state index is 12.7. The minimum absolute atomic E-state index is 0.119. The van der Waals surface area contributed by atoms with E-state index >= 15 is 0 Å². The topological polar surface area (TPSA) is 57.5 Å². The highest BCUT2D eigenvalue weighted by Gasteiger charge is 2.52. The Morgan fingerprint density at radius 1 is 1.21 bits per heavy atom. The van der Waals surface area contributed by atoms with E-state index in [2.05, 4.69) is 4.57 Å². The average molecular weight is 404 g/mol. The van der Waals surface area contributed by atoms with Gasteiger partial charge in [0.2, 0.25) is 5.78 Å². The van der Waals surface area contributed by atoms with E-state index in [9.17, 15) is 9.59 Å². The Hall–Kier alpha value is -2.11. The van der Waals surface area contributed by atoms with Crippen LogP contribution in [-0.2, 0) is 19.7 Å². The van der Waals surface area contributed by atoms with Crippen LogP contribution < -0.4 is 0 Å². The van der Waals surface area contributed by atoms with Gasteiger partial charge < -0.3 is 14.0 Å². The van der Waals surface area contributed by atoms with Gasteiger partial charge in [-0.2, -0.15) is 0 Å². The maximum atomic E-state index is 12.7.